The smallest absolute Gasteiger partial charge is 0.274 e. The molecule has 2 atom stereocenters. The molecule has 0 aromatic carbocycles. The monoisotopic (exact) mass is 266 g/mol. The molecule has 1 aliphatic heterocycles. The molecule has 0 bridgehead atoms. The molecule has 2 rings (SSSR count). The van der Waals surface area contributed by atoms with Crippen LogP contribution in [0.4, 0.5) is 0 Å². The zero-order chi connectivity index (χ0) is 14.0. The number of piperazine rings is 1. The SMILES string of the molecule is Cc1cc(C(=O)N2CCN(CC(C)O)CC2C)n[nH]1. The van der Waals surface area contributed by atoms with E-state index in [1.54, 1.807) is 13.0 Å². The van der Waals surface area contributed by atoms with Crippen molar-refractivity contribution in [3.8, 4) is 0 Å². The molecule has 6 heteroatoms. The van der Waals surface area contributed by atoms with Crippen molar-refractivity contribution in [2.75, 3.05) is 26.2 Å². The van der Waals surface area contributed by atoms with Gasteiger partial charge in [0.05, 0.1) is 6.10 Å². The van der Waals surface area contributed by atoms with Crippen LogP contribution in [0.5, 0.6) is 0 Å². The number of aromatic nitrogens is 2. The fourth-order valence-electron chi connectivity index (χ4n) is 2.55. The lowest BCUT2D eigenvalue weighted by Crippen LogP contribution is -2.55. The number of carbonyl (C=O) groups is 1. The minimum atomic E-state index is -0.330. The quantitative estimate of drug-likeness (QED) is 0.822. The van der Waals surface area contributed by atoms with Gasteiger partial charge < -0.3 is 10.0 Å². The van der Waals surface area contributed by atoms with Gasteiger partial charge in [-0.3, -0.25) is 14.8 Å². The van der Waals surface area contributed by atoms with Crippen molar-refractivity contribution in [3.63, 3.8) is 0 Å². The van der Waals surface area contributed by atoms with Gasteiger partial charge in [0.15, 0.2) is 0 Å². The molecule has 0 radical (unpaired) electrons. The van der Waals surface area contributed by atoms with E-state index in [2.05, 4.69) is 15.1 Å². The Balaban J connectivity index is 1.98. The molecule has 0 saturated carbocycles. The van der Waals surface area contributed by atoms with Crippen molar-refractivity contribution in [1.29, 1.82) is 0 Å². The van der Waals surface area contributed by atoms with E-state index < -0.39 is 0 Å². The third-order valence-electron chi connectivity index (χ3n) is 3.42. The second-order valence-corrected chi connectivity index (χ2v) is 5.39. The third-order valence-corrected chi connectivity index (χ3v) is 3.42. The maximum Gasteiger partial charge on any atom is 0.274 e. The number of aliphatic hydroxyl groups is 1. The second kappa shape index (κ2) is 5.71. The minimum absolute atomic E-state index is 0.0199. The van der Waals surface area contributed by atoms with Crippen LogP contribution in [-0.2, 0) is 0 Å². The third kappa shape index (κ3) is 3.33. The van der Waals surface area contributed by atoms with Crippen LogP contribution in [0.1, 0.15) is 30.0 Å². The Morgan fingerprint density at radius 2 is 2.37 bits per heavy atom. The number of H-pyrrole nitrogens is 1. The molecule has 6 nitrogen and oxygen atoms in total. The zero-order valence-electron chi connectivity index (χ0n) is 11.8. The van der Waals surface area contributed by atoms with Gasteiger partial charge in [0, 0.05) is 37.9 Å². The number of β-amino-alcohol motifs (C(OH)–C–C–N with tert-alkyl or cyclic N) is 1. The number of nitrogens with one attached hydrogen (secondary N) is 1. The molecular formula is C13H22N4O2. The van der Waals surface area contributed by atoms with E-state index in [0.29, 0.717) is 18.8 Å². The Hall–Kier alpha value is -1.40. The molecule has 106 valence electrons. The lowest BCUT2D eigenvalue weighted by molar-refractivity contribution is 0.0378. The maximum absolute atomic E-state index is 12.3. The summed E-state index contributed by atoms with van der Waals surface area (Å²) in [5, 5.41) is 16.2. The number of hydrogen-bond donors (Lipinski definition) is 2. The van der Waals surface area contributed by atoms with E-state index >= 15 is 0 Å². The topological polar surface area (TPSA) is 72.5 Å². The Labute approximate surface area is 113 Å². The van der Waals surface area contributed by atoms with Crippen LogP contribution in [0.15, 0.2) is 6.07 Å². The highest BCUT2D eigenvalue weighted by molar-refractivity contribution is 5.92. The van der Waals surface area contributed by atoms with Crippen molar-refractivity contribution in [1.82, 2.24) is 20.0 Å². The number of aromatic amines is 1. The first-order chi connectivity index (χ1) is 8.97. The summed E-state index contributed by atoms with van der Waals surface area (Å²) < 4.78 is 0. The maximum atomic E-state index is 12.3. The summed E-state index contributed by atoms with van der Waals surface area (Å²) in [6, 6.07) is 1.91. The second-order valence-electron chi connectivity index (χ2n) is 5.39. The number of aryl methyl sites for hydroxylation is 1. The Morgan fingerprint density at radius 3 is 2.89 bits per heavy atom. The van der Waals surface area contributed by atoms with Crippen molar-refractivity contribution < 1.29 is 9.90 Å². The first kappa shape index (κ1) is 14.0. The average Bonchev–Trinajstić information content (AvgIpc) is 2.74. The van der Waals surface area contributed by atoms with E-state index in [4.69, 9.17) is 0 Å². The molecule has 1 aromatic heterocycles. The van der Waals surface area contributed by atoms with Gasteiger partial charge in [-0.25, -0.2) is 0 Å². The normalized spacial score (nSPS) is 22.5. The number of nitrogens with zero attached hydrogens (tertiary/aromatic N) is 3. The highest BCUT2D eigenvalue weighted by Gasteiger charge is 2.29. The largest absolute Gasteiger partial charge is 0.392 e. The van der Waals surface area contributed by atoms with Gasteiger partial charge in [0.2, 0.25) is 0 Å². The zero-order valence-corrected chi connectivity index (χ0v) is 11.8. The molecule has 19 heavy (non-hydrogen) atoms. The standard InChI is InChI=1S/C13H22N4O2/c1-9-6-12(15-14-9)13(19)17-5-4-16(7-10(17)2)8-11(3)18/h6,10-11,18H,4-5,7-8H2,1-3H3,(H,14,15). The van der Waals surface area contributed by atoms with Gasteiger partial charge >= 0.3 is 0 Å². The summed E-state index contributed by atoms with van der Waals surface area (Å²) in [7, 11) is 0. The number of hydrogen-bond acceptors (Lipinski definition) is 4. The van der Waals surface area contributed by atoms with E-state index in [1.165, 1.54) is 0 Å². The molecule has 2 heterocycles. The number of carbonyl (C=O) groups excluding carboxylic acids is 1. The Bertz CT molecular complexity index is 444. The summed E-state index contributed by atoms with van der Waals surface area (Å²) in [5.74, 6) is -0.0199. The summed E-state index contributed by atoms with van der Waals surface area (Å²) in [6.07, 6.45) is -0.330. The summed E-state index contributed by atoms with van der Waals surface area (Å²) in [5.41, 5.74) is 1.37. The number of aliphatic hydroxyl groups excluding tert-OH is 1. The highest BCUT2D eigenvalue weighted by Crippen LogP contribution is 2.13. The van der Waals surface area contributed by atoms with Crippen LogP contribution in [0, 0.1) is 6.92 Å². The van der Waals surface area contributed by atoms with Crippen molar-refractivity contribution in [2.24, 2.45) is 0 Å². The number of rotatable bonds is 3. The molecular weight excluding hydrogens is 244 g/mol. The van der Waals surface area contributed by atoms with Crippen molar-refractivity contribution in [2.45, 2.75) is 32.9 Å². The van der Waals surface area contributed by atoms with E-state index in [0.717, 1.165) is 18.8 Å². The van der Waals surface area contributed by atoms with Crippen molar-refractivity contribution >= 4 is 5.91 Å². The molecule has 1 aliphatic rings. The lowest BCUT2D eigenvalue weighted by atomic mass is 10.1. The Morgan fingerprint density at radius 1 is 1.63 bits per heavy atom. The van der Waals surface area contributed by atoms with E-state index in [1.807, 2.05) is 18.7 Å². The van der Waals surface area contributed by atoms with Gasteiger partial charge in [-0.15, -0.1) is 0 Å². The predicted octanol–water partition coefficient (Wildman–Crippen LogP) is 0.245. The van der Waals surface area contributed by atoms with Gasteiger partial charge in [0.25, 0.3) is 5.91 Å². The predicted molar refractivity (Wildman–Crippen MR) is 71.9 cm³/mol. The summed E-state index contributed by atoms with van der Waals surface area (Å²) >= 11 is 0. The lowest BCUT2D eigenvalue weighted by Gasteiger charge is -2.40. The number of amides is 1. The van der Waals surface area contributed by atoms with Gasteiger partial charge in [-0.05, 0) is 26.8 Å². The molecule has 0 aliphatic carbocycles. The van der Waals surface area contributed by atoms with Gasteiger partial charge in [-0.1, -0.05) is 0 Å². The van der Waals surface area contributed by atoms with Crippen LogP contribution in [0.25, 0.3) is 0 Å². The highest BCUT2D eigenvalue weighted by atomic mass is 16.3. The first-order valence-electron chi connectivity index (χ1n) is 6.70. The molecule has 1 fully saturated rings. The van der Waals surface area contributed by atoms with Crippen LogP contribution in [-0.4, -0.2) is 69.3 Å². The molecule has 2 unspecified atom stereocenters. The first-order valence-corrected chi connectivity index (χ1v) is 6.70. The van der Waals surface area contributed by atoms with E-state index in [9.17, 15) is 9.90 Å². The van der Waals surface area contributed by atoms with E-state index in [-0.39, 0.29) is 18.1 Å². The fourth-order valence-corrected chi connectivity index (χ4v) is 2.55. The Kier molecular flexibility index (Phi) is 4.21. The molecule has 1 aromatic rings. The van der Waals surface area contributed by atoms with Crippen LogP contribution < -0.4 is 0 Å². The minimum Gasteiger partial charge on any atom is -0.392 e. The van der Waals surface area contributed by atoms with Crippen LogP contribution >= 0.6 is 0 Å². The summed E-state index contributed by atoms with van der Waals surface area (Å²) in [4.78, 5) is 16.4. The average molecular weight is 266 g/mol. The van der Waals surface area contributed by atoms with Crippen LogP contribution in [0.3, 0.4) is 0 Å². The fraction of sp³-hybridized carbons (Fsp3) is 0.692. The van der Waals surface area contributed by atoms with Crippen LogP contribution in [0.2, 0.25) is 0 Å². The van der Waals surface area contributed by atoms with Crippen molar-refractivity contribution in [3.05, 3.63) is 17.5 Å². The molecule has 1 amide bonds. The summed E-state index contributed by atoms with van der Waals surface area (Å²) in [6.45, 7) is 8.63. The van der Waals surface area contributed by atoms with Gasteiger partial charge in [-0.2, -0.15) is 5.10 Å². The van der Waals surface area contributed by atoms with Gasteiger partial charge in [0.1, 0.15) is 5.69 Å². The molecule has 1 saturated heterocycles. The molecule has 0 spiro atoms. The molecule has 2 N–H and O–H groups in total.